The number of amides is 3. The lowest BCUT2D eigenvalue weighted by Gasteiger charge is -2.31. The van der Waals surface area contributed by atoms with Crippen LogP contribution in [0, 0.1) is 24.5 Å². The van der Waals surface area contributed by atoms with Gasteiger partial charge in [-0.1, -0.05) is 12.1 Å². The molecule has 0 bridgehead atoms. The third-order valence-electron chi connectivity index (χ3n) is 4.61. The van der Waals surface area contributed by atoms with Gasteiger partial charge in [-0.2, -0.15) is 0 Å². The van der Waals surface area contributed by atoms with Gasteiger partial charge in [0.15, 0.2) is 0 Å². The molecule has 0 unspecified atom stereocenters. The van der Waals surface area contributed by atoms with Crippen molar-refractivity contribution in [3.8, 4) is 0 Å². The van der Waals surface area contributed by atoms with Gasteiger partial charge >= 0.3 is 6.03 Å². The Hall–Kier alpha value is -2.96. The first-order valence-electron chi connectivity index (χ1n) is 8.81. The second kappa shape index (κ2) is 8.16. The van der Waals surface area contributed by atoms with Crippen molar-refractivity contribution in [3.05, 3.63) is 59.7 Å². The minimum Gasteiger partial charge on any atom is -0.324 e. The van der Waals surface area contributed by atoms with E-state index in [0.29, 0.717) is 25.9 Å². The van der Waals surface area contributed by atoms with Crippen LogP contribution in [0.25, 0.3) is 0 Å². The summed E-state index contributed by atoms with van der Waals surface area (Å²) in [5, 5.41) is 5.35. The number of benzene rings is 2. The molecule has 0 aromatic heterocycles. The Bertz CT molecular complexity index is 849. The number of nitrogens with one attached hydrogen (secondary N) is 2. The summed E-state index contributed by atoms with van der Waals surface area (Å²) in [7, 11) is 0. The van der Waals surface area contributed by atoms with Gasteiger partial charge in [0.25, 0.3) is 0 Å². The monoisotopic (exact) mass is 373 g/mol. The summed E-state index contributed by atoms with van der Waals surface area (Å²) in [5.41, 5.74) is 1.74. The van der Waals surface area contributed by atoms with Crippen LogP contribution in [-0.2, 0) is 4.79 Å². The van der Waals surface area contributed by atoms with Gasteiger partial charge in [0.1, 0.15) is 11.6 Å². The number of aryl methyl sites for hydroxylation is 1. The molecule has 2 aromatic carbocycles. The number of hydrogen-bond donors (Lipinski definition) is 2. The van der Waals surface area contributed by atoms with Gasteiger partial charge in [0, 0.05) is 30.8 Å². The van der Waals surface area contributed by atoms with Gasteiger partial charge in [-0.05, 0) is 49.6 Å². The summed E-state index contributed by atoms with van der Waals surface area (Å²) >= 11 is 0. The summed E-state index contributed by atoms with van der Waals surface area (Å²) < 4.78 is 26.6. The maximum Gasteiger partial charge on any atom is 0.321 e. The van der Waals surface area contributed by atoms with Crippen LogP contribution in [0.3, 0.4) is 0 Å². The number of urea groups is 1. The molecule has 1 aliphatic rings. The molecule has 7 heteroatoms. The Morgan fingerprint density at radius 2 is 1.78 bits per heavy atom. The molecule has 0 aliphatic carbocycles. The van der Waals surface area contributed by atoms with Crippen molar-refractivity contribution in [2.75, 3.05) is 23.7 Å². The first kappa shape index (κ1) is 18.8. The van der Waals surface area contributed by atoms with Crippen LogP contribution in [0.5, 0.6) is 0 Å². The lowest BCUT2D eigenvalue weighted by Crippen LogP contribution is -2.43. The van der Waals surface area contributed by atoms with E-state index < -0.39 is 11.6 Å². The highest BCUT2D eigenvalue weighted by atomic mass is 19.1. The molecule has 1 fully saturated rings. The molecule has 3 amide bonds. The van der Waals surface area contributed by atoms with Crippen molar-refractivity contribution >= 4 is 23.3 Å². The fourth-order valence-corrected chi connectivity index (χ4v) is 3.10. The molecule has 142 valence electrons. The van der Waals surface area contributed by atoms with Crippen LogP contribution in [0.15, 0.2) is 42.5 Å². The van der Waals surface area contributed by atoms with Crippen molar-refractivity contribution in [1.29, 1.82) is 0 Å². The standard InChI is InChI=1S/C20H21F2N3O2/c1-13-3-2-4-16(11-13)23-20(27)25-9-7-14(8-10-25)19(26)24-18-6-5-15(21)12-17(18)22/h2-6,11-12,14H,7-10H2,1H3,(H,23,27)(H,24,26). The van der Waals surface area contributed by atoms with E-state index >= 15 is 0 Å². The van der Waals surface area contributed by atoms with E-state index in [0.717, 1.165) is 23.4 Å². The van der Waals surface area contributed by atoms with Crippen LogP contribution in [0.2, 0.25) is 0 Å². The maximum absolute atomic E-state index is 13.7. The zero-order chi connectivity index (χ0) is 19.4. The molecule has 0 saturated carbocycles. The SMILES string of the molecule is Cc1cccc(NC(=O)N2CCC(C(=O)Nc3ccc(F)cc3F)CC2)c1. The van der Waals surface area contributed by atoms with E-state index in [4.69, 9.17) is 0 Å². The predicted octanol–water partition coefficient (Wildman–Crippen LogP) is 4.16. The quantitative estimate of drug-likeness (QED) is 0.849. The number of halogens is 2. The largest absolute Gasteiger partial charge is 0.324 e. The van der Waals surface area contributed by atoms with Gasteiger partial charge in [0.05, 0.1) is 5.69 Å². The van der Waals surface area contributed by atoms with E-state index in [1.807, 2.05) is 31.2 Å². The van der Waals surface area contributed by atoms with E-state index in [-0.39, 0.29) is 23.5 Å². The molecule has 0 atom stereocenters. The fraction of sp³-hybridized carbons (Fsp3) is 0.300. The average molecular weight is 373 g/mol. The van der Waals surface area contributed by atoms with E-state index in [1.165, 1.54) is 6.07 Å². The number of piperidine rings is 1. The van der Waals surface area contributed by atoms with Crippen molar-refractivity contribution in [2.24, 2.45) is 5.92 Å². The number of nitrogens with zero attached hydrogens (tertiary/aromatic N) is 1. The predicted molar refractivity (Wildman–Crippen MR) is 99.5 cm³/mol. The molecule has 2 aromatic rings. The Morgan fingerprint density at radius 1 is 1.04 bits per heavy atom. The number of hydrogen-bond acceptors (Lipinski definition) is 2. The van der Waals surface area contributed by atoms with Crippen molar-refractivity contribution < 1.29 is 18.4 Å². The summed E-state index contributed by atoms with van der Waals surface area (Å²) in [6.45, 7) is 2.81. The molecule has 1 heterocycles. The molecule has 5 nitrogen and oxygen atoms in total. The second-order valence-electron chi connectivity index (χ2n) is 6.67. The third-order valence-corrected chi connectivity index (χ3v) is 4.61. The highest BCUT2D eigenvalue weighted by Gasteiger charge is 2.27. The molecular weight excluding hydrogens is 352 g/mol. The minimum atomic E-state index is -0.807. The lowest BCUT2D eigenvalue weighted by atomic mass is 9.96. The second-order valence-corrected chi connectivity index (χ2v) is 6.67. The number of anilines is 2. The number of carbonyl (C=O) groups is 2. The molecular formula is C20H21F2N3O2. The number of rotatable bonds is 3. The van der Waals surface area contributed by atoms with Crippen molar-refractivity contribution in [1.82, 2.24) is 4.90 Å². The fourth-order valence-electron chi connectivity index (χ4n) is 3.10. The van der Waals surface area contributed by atoms with Gasteiger partial charge in [-0.15, -0.1) is 0 Å². The molecule has 3 rings (SSSR count). The zero-order valence-electron chi connectivity index (χ0n) is 15.0. The first-order valence-corrected chi connectivity index (χ1v) is 8.81. The van der Waals surface area contributed by atoms with E-state index in [1.54, 1.807) is 4.90 Å². The van der Waals surface area contributed by atoms with Gasteiger partial charge in [-0.3, -0.25) is 4.79 Å². The van der Waals surface area contributed by atoms with Crippen LogP contribution < -0.4 is 10.6 Å². The smallest absolute Gasteiger partial charge is 0.321 e. The van der Waals surface area contributed by atoms with Gasteiger partial charge in [0.2, 0.25) is 5.91 Å². The third kappa shape index (κ3) is 4.81. The molecule has 1 aliphatic heterocycles. The Kier molecular flexibility index (Phi) is 5.69. The average Bonchev–Trinajstić information content (AvgIpc) is 2.64. The lowest BCUT2D eigenvalue weighted by molar-refractivity contribution is -0.121. The summed E-state index contributed by atoms with van der Waals surface area (Å²) in [6.07, 6.45) is 0.964. The van der Waals surface area contributed by atoms with Crippen LogP contribution >= 0.6 is 0 Å². The van der Waals surface area contributed by atoms with Crippen LogP contribution in [0.1, 0.15) is 18.4 Å². The van der Waals surface area contributed by atoms with Crippen molar-refractivity contribution in [2.45, 2.75) is 19.8 Å². The molecule has 1 saturated heterocycles. The van der Waals surface area contributed by atoms with E-state index in [9.17, 15) is 18.4 Å². The maximum atomic E-state index is 13.7. The first-order chi connectivity index (χ1) is 12.9. The highest BCUT2D eigenvalue weighted by Crippen LogP contribution is 2.22. The summed E-state index contributed by atoms with van der Waals surface area (Å²) in [6, 6.07) is 10.3. The summed E-state index contributed by atoms with van der Waals surface area (Å²) in [4.78, 5) is 26.3. The Labute approximate surface area is 156 Å². The number of carbonyl (C=O) groups excluding carboxylic acids is 2. The number of likely N-dealkylation sites (tertiary alicyclic amines) is 1. The van der Waals surface area contributed by atoms with Crippen LogP contribution in [0.4, 0.5) is 25.0 Å². The van der Waals surface area contributed by atoms with Crippen LogP contribution in [-0.4, -0.2) is 29.9 Å². The zero-order valence-corrected chi connectivity index (χ0v) is 15.0. The topological polar surface area (TPSA) is 61.4 Å². The van der Waals surface area contributed by atoms with E-state index in [2.05, 4.69) is 10.6 Å². The van der Waals surface area contributed by atoms with Crippen molar-refractivity contribution in [3.63, 3.8) is 0 Å². The molecule has 0 spiro atoms. The normalized spacial score (nSPS) is 14.7. The summed E-state index contributed by atoms with van der Waals surface area (Å²) in [5.74, 6) is -2.14. The minimum absolute atomic E-state index is 0.0407. The Morgan fingerprint density at radius 3 is 2.44 bits per heavy atom. The molecule has 27 heavy (non-hydrogen) atoms. The van der Waals surface area contributed by atoms with Gasteiger partial charge < -0.3 is 15.5 Å². The molecule has 2 N–H and O–H groups in total. The van der Waals surface area contributed by atoms with Gasteiger partial charge in [-0.25, -0.2) is 13.6 Å². The molecule has 0 radical (unpaired) electrons. The Balaban J connectivity index is 1.52. The highest BCUT2D eigenvalue weighted by molar-refractivity contribution is 5.93.